The maximum atomic E-state index is 11.8. The van der Waals surface area contributed by atoms with Gasteiger partial charge in [0.25, 0.3) is 0 Å². The van der Waals surface area contributed by atoms with Gasteiger partial charge < -0.3 is 14.9 Å². The Morgan fingerprint density at radius 2 is 1.40 bits per heavy atom. The second kappa shape index (κ2) is 19.9. The lowest BCUT2D eigenvalue weighted by Crippen LogP contribution is -2.14. The lowest BCUT2D eigenvalue weighted by atomic mass is 10.0. The topological polar surface area (TPSA) is 101 Å². The molecule has 0 fully saturated rings. The molecule has 1 atom stereocenters. The summed E-state index contributed by atoms with van der Waals surface area (Å²) >= 11 is 0. The Balaban J connectivity index is -0.000000495. The minimum atomic E-state index is -0.935. The molecule has 0 spiro atoms. The average Bonchev–Trinajstić information content (AvgIpc) is 2.66. The number of hydrogen-bond acceptors (Lipinski definition) is 4. The second-order valence-electron chi connectivity index (χ2n) is 7.70. The molecule has 0 aromatic heterocycles. The molecule has 1 unspecified atom stereocenters. The van der Waals surface area contributed by atoms with E-state index in [-0.39, 0.29) is 17.1 Å². The molecule has 0 saturated carbocycles. The number of aliphatic carboxylic acids is 2. The normalized spacial score (nSPS) is 11.3. The minimum Gasteiger partial charge on any atom is -0.478 e. The maximum Gasteiger partial charge on any atom is 0.333 e. The van der Waals surface area contributed by atoms with Crippen molar-refractivity contribution >= 4 is 17.9 Å². The van der Waals surface area contributed by atoms with Crippen molar-refractivity contribution in [1.29, 1.82) is 0 Å². The van der Waals surface area contributed by atoms with Crippen molar-refractivity contribution in [3.63, 3.8) is 0 Å². The third-order valence-electron chi connectivity index (χ3n) is 3.94. The Morgan fingerprint density at radius 1 is 0.967 bits per heavy atom. The Hall–Kier alpha value is -2.37. The van der Waals surface area contributed by atoms with Crippen LogP contribution in [0.5, 0.6) is 0 Å². The SMILES string of the molecule is C=C(C)C(=O)O.C=C(C)C(=O)O.CCCCC(CC)COC(=O)C(C)=CCC(C)C. The average molecular weight is 427 g/mol. The van der Waals surface area contributed by atoms with Crippen LogP contribution in [0, 0.1) is 11.8 Å². The van der Waals surface area contributed by atoms with E-state index in [4.69, 9.17) is 14.9 Å². The second-order valence-corrected chi connectivity index (χ2v) is 7.70. The summed E-state index contributed by atoms with van der Waals surface area (Å²) in [5, 5.41) is 15.8. The van der Waals surface area contributed by atoms with Crippen LogP contribution in [0.1, 0.15) is 80.6 Å². The van der Waals surface area contributed by atoms with E-state index in [0.29, 0.717) is 18.4 Å². The van der Waals surface area contributed by atoms with Gasteiger partial charge in [0.2, 0.25) is 0 Å². The molecule has 0 rings (SSSR count). The molecule has 2 N–H and O–H groups in total. The number of carboxylic acids is 2. The molecule has 0 heterocycles. The maximum absolute atomic E-state index is 11.8. The van der Waals surface area contributed by atoms with Gasteiger partial charge in [-0.05, 0) is 45.4 Å². The fourth-order valence-electron chi connectivity index (χ4n) is 1.70. The van der Waals surface area contributed by atoms with E-state index in [1.807, 2.05) is 13.0 Å². The number of carbonyl (C=O) groups is 3. The smallest absolute Gasteiger partial charge is 0.333 e. The van der Waals surface area contributed by atoms with Crippen LogP contribution in [0.4, 0.5) is 0 Å². The molecule has 6 nitrogen and oxygen atoms in total. The van der Waals surface area contributed by atoms with Crippen molar-refractivity contribution in [2.45, 2.75) is 80.6 Å². The van der Waals surface area contributed by atoms with Gasteiger partial charge in [0.1, 0.15) is 0 Å². The summed E-state index contributed by atoms with van der Waals surface area (Å²) in [5.41, 5.74) is 1.10. The summed E-state index contributed by atoms with van der Waals surface area (Å²) in [6.07, 6.45) is 7.60. The van der Waals surface area contributed by atoms with E-state index in [0.717, 1.165) is 24.8 Å². The summed E-state index contributed by atoms with van der Waals surface area (Å²) in [6, 6.07) is 0. The molecule has 30 heavy (non-hydrogen) atoms. The van der Waals surface area contributed by atoms with Crippen LogP contribution in [-0.4, -0.2) is 34.7 Å². The zero-order valence-electron chi connectivity index (χ0n) is 19.9. The standard InChI is InChI=1S/C16H30O2.2C4H6O2/c1-6-8-9-15(7-2)12-18-16(17)14(5)11-10-13(3)4;2*1-3(2)4(5)6/h11,13,15H,6-10,12H2,1-5H3;2*1H2,2H3,(H,5,6). The number of allylic oxidation sites excluding steroid dienone is 1. The van der Waals surface area contributed by atoms with Gasteiger partial charge in [-0.2, -0.15) is 0 Å². The van der Waals surface area contributed by atoms with Crippen LogP contribution in [0.2, 0.25) is 0 Å². The Kier molecular flexibility index (Phi) is 21.5. The third-order valence-corrected chi connectivity index (χ3v) is 3.94. The minimum absolute atomic E-state index is 0.148. The largest absolute Gasteiger partial charge is 0.478 e. The van der Waals surface area contributed by atoms with Crippen LogP contribution < -0.4 is 0 Å². The zero-order valence-corrected chi connectivity index (χ0v) is 19.9. The molecule has 0 aromatic rings. The third kappa shape index (κ3) is 23.7. The van der Waals surface area contributed by atoms with Crippen molar-refractivity contribution in [1.82, 2.24) is 0 Å². The van der Waals surface area contributed by atoms with Crippen LogP contribution in [0.25, 0.3) is 0 Å². The molecule has 0 aliphatic carbocycles. The van der Waals surface area contributed by atoms with Gasteiger partial charge in [-0.25, -0.2) is 14.4 Å². The van der Waals surface area contributed by atoms with Crippen molar-refractivity contribution < 1.29 is 29.3 Å². The lowest BCUT2D eigenvalue weighted by molar-refractivity contribution is -0.140. The van der Waals surface area contributed by atoms with E-state index in [9.17, 15) is 14.4 Å². The molecule has 174 valence electrons. The summed E-state index contributed by atoms with van der Waals surface area (Å²) < 4.78 is 5.38. The first-order valence-electron chi connectivity index (χ1n) is 10.4. The summed E-state index contributed by atoms with van der Waals surface area (Å²) in [4.78, 5) is 31.0. The molecular formula is C24H42O6. The summed E-state index contributed by atoms with van der Waals surface area (Å²) in [6.45, 7) is 20.3. The predicted octanol–water partition coefficient (Wildman–Crippen LogP) is 6.03. The quantitative estimate of drug-likeness (QED) is 0.309. The van der Waals surface area contributed by atoms with Crippen LogP contribution in [0.15, 0.2) is 36.0 Å². The fraction of sp³-hybridized carbons (Fsp3) is 0.625. The van der Waals surface area contributed by atoms with Crippen LogP contribution in [-0.2, 0) is 19.1 Å². The molecule has 0 radical (unpaired) electrons. The molecule has 0 bridgehead atoms. The fourth-order valence-corrected chi connectivity index (χ4v) is 1.70. The Morgan fingerprint density at radius 3 is 1.70 bits per heavy atom. The van der Waals surface area contributed by atoms with E-state index < -0.39 is 11.9 Å². The van der Waals surface area contributed by atoms with E-state index in [1.165, 1.54) is 26.7 Å². The van der Waals surface area contributed by atoms with E-state index in [1.54, 1.807) is 0 Å². The number of ether oxygens (including phenoxy) is 1. The van der Waals surface area contributed by atoms with E-state index in [2.05, 4.69) is 40.9 Å². The van der Waals surface area contributed by atoms with Gasteiger partial charge in [-0.1, -0.05) is 66.2 Å². The number of carboxylic acid groups (broad SMARTS) is 2. The van der Waals surface area contributed by atoms with Crippen molar-refractivity contribution in [2.24, 2.45) is 11.8 Å². The predicted molar refractivity (Wildman–Crippen MR) is 122 cm³/mol. The number of unbranched alkanes of at least 4 members (excludes halogenated alkanes) is 1. The Labute approximate surface area is 182 Å². The highest BCUT2D eigenvalue weighted by molar-refractivity contribution is 5.87. The molecule has 6 heteroatoms. The first-order valence-corrected chi connectivity index (χ1v) is 10.4. The van der Waals surface area contributed by atoms with Gasteiger partial charge in [0.05, 0.1) is 6.61 Å². The highest BCUT2D eigenvalue weighted by atomic mass is 16.5. The number of hydrogen-bond donors (Lipinski definition) is 2. The van der Waals surface area contributed by atoms with Gasteiger partial charge in [0.15, 0.2) is 0 Å². The first-order chi connectivity index (χ1) is 13.8. The summed E-state index contributed by atoms with van der Waals surface area (Å²) in [7, 11) is 0. The van der Waals surface area contributed by atoms with Gasteiger partial charge in [0, 0.05) is 16.7 Å². The molecular weight excluding hydrogens is 384 g/mol. The van der Waals surface area contributed by atoms with Gasteiger partial charge >= 0.3 is 17.9 Å². The van der Waals surface area contributed by atoms with Gasteiger partial charge in [-0.15, -0.1) is 0 Å². The molecule has 0 aliphatic heterocycles. The Bertz CT molecular complexity index is 524. The monoisotopic (exact) mass is 426 g/mol. The molecule has 0 amide bonds. The molecule has 0 aliphatic rings. The number of rotatable bonds is 11. The first kappa shape index (κ1) is 32.3. The number of esters is 1. The van der Waals surface area contributed by atoms with E-state index >= 15 is 0 Å². The molecule has 0 aromatic carbocycles. The highest BCUT2D eigenvalue weighted by Crippen LogP contribution is 2.14. The zero-order chi connectivity index (χ0) is 24.3. The van der Waals surface area contributed by atoms with Crippen LogP contribution in [0.3, 0.4) is 0 Å². The summed E-state index contributed by atoms with van der Waals surface area (Å²) in [5.74, 6) is -0.914. The highest BCUT2D eigenvalue weighted by Gasteiger charge is 2.11. The molecule has 0 saturated heterocycles. The van der Waals surface area contributed by atoms with Crippen molar-refractivity contribution in [3.05, 3.63) is 36.0 Å². The van der Waals surface area contributed by atoms with Crippen LogP contribution >= 0.6 is 0 Å². The van der Waals surface area contributed by atoms with Crippen molar-refractivity contribution in [3.8, 4) is 0 Å². The van der Waals surface area contributed by atoms with Gasteiger partial charge in [-0.3, -0.25) is 0 Å². The number of carbonyl (C=O) groups excluding carboxylic acids is 1. The van der Waals surface area contributed by atoms with Crippen molar-refractivity contribution in [2.75, 3.05) is 6.61 Å². The lowest BCUT2D eigenvalue weighted by Gasteiger charge is -2.14.